The van der Waals surface area contributed by atoms with E-state index >= 15 is 0 Å². The lowest BCUT2D eigenvalue weighted by Gasteiger charge is -2.04. The molecule has 0 saturated heterocycles. The van der Waals surface area contributed by atoms with Crippen LogP contribution in [0.4, 0.5) is 0 Å². The summed E-state index contributed by atoms with van der Waals surface area (Å²) in [4.78, 5) is 16.3. The first-order valence-corrected chi connectivity index (χ1v) is 8.87. The zero-order valence-corrected chi connectivity index (χ0v) is 15.5. The maximum atomic E-state index is 11.9. The molecule has 25 heavy (non-hydrogen) atoms. The summed E-state index contributed by atoms with van der Waals surface area (Å²) in [7, 11) is 0. The van der Waals surface area contributed by atoms with Gasteiger partial charge in [0.15, 0.2) is 0 Å². The Morgan fingerprint density at radius 3 is 2.56 bits per heavy atom. The number of nitrogens with one attached hydrogen (secondary N) is 1. The summed E-state index contributed by atoms with van der Waals surface area (Å²) in [5.41, 5.74) is 1.86. The van der Waals surface area contributed by atoms with Gasteiger partial charge in [-0.05, 0) is 42.0 Å². The van der Waals surface area contributed by atoms with Gasteiger partial charge in [-0.3, -0.25) is 4.79 Å². The van der Waals surface area contributed by atoms with Gasteiger partial charge in [0.05, 0.1) is 0 Å². The van der Waals surface area contributed by atoms with Crippen LogP contribution in [0.1, 0.15) is 17.9 Å². The fraction of sp³-hybridized carbons (Fsp3) is 0.167. The summed E-state index contributed by atoms with van der Waals surface area (Å²) in [5, 5.41) is 7.48. The summed E-state index contributed by atoms with van der Waals surface area (Å²) in [6, 6.07) is 15.0. The molecule has 0 aliphatic rings. The van der Waals surface area contributed by atoms with E-state index < -0.39 is 0 Å². The predicted octanol–water partition coefficient (Wildman–Crippen LogP) is 4.40. The number of hydrogen-bond donors (Lipinski definition) is 1. The molecule has 2 aromatic carbocycles. The molecular weight excluding hydrogens is 406 g/mol. The Kier molecular flexibility index (Phi) is 5.83. The van der Waals surface area contributed by atoms with Crippen LogP contribution in [0.5, 0.6) is 0 Å². The third-order valence-electron chi connectivity index (χ3n) is 3.54. The van der Waals surface area contributed by atoms with Crippen LogP contribution in [0.25, 0.3) is 11.4 Å². The fourth-order valence-electron chi connectivity index (χ4n) is 2.18. The average molecular weight is 421 g/mol. The van der Waals surface area contributed by atoms with Gasteiger partial charge in [0.1, 0.15) is 0 Å². The molecule has 1 N–H and O–H groups in total. The first-order chi connectivity index (χ1) is 12.1. The van der Waals surface area contributed by atoms with E-state index in [1.54, 1.807) is 12.1 Å². The number of halogens is 2. The van der Waals surface area contributed by atoms with Crippen LogP contribution in [0, 0.1) is 0 Å². The molecule has 1 aromatic heterocycles. The van der Waals surface area contributed by atoms with Crippen molar-refractivity contribution >= 4 is 33.4 Å². The molecule has 0 radical (unpaired) electrons. The van der Waals surface area contributed by atoms with Gasteiger partial charge >= 0.3 is 0 Å². The van der Waals surface area contributed by atoms with Gasteiger partial charge in [-0.15, -0.1) is 0 Å². The minimum Gasteiger partial charge on any atom is -0.352 e. The third kappa shape index (κ3) is 5.14. The molecule has 0 saturated carbocycles. The molecule has 0 atom stereocenters. The van der Waals surface area contributed by atoms with E-state index in [2.05, 4.69) is 31.4 Å². The summed E-state index contributed by atoms with van der Waals surface area (Å²) in [6.45, 7) is 0.462. The molecule has 5 nitrogen and oxygen atoms in total. The van der Waals surface area contributed by atoms with E-state index in [1.807, 2.05) is 36.4 Å². The number of carbonyl (C=O) groups is 1. The Morgan fingerprint density at radius 2 is 1.84 bits per heavy atom. The summed E-state index contributed by atoms with van der Waals surface area (Å²) >= 11 is 9.22. The number of aromatic nitrogens is 2. The first-order valence-electron chi connectivity index (χ1n) is 7.70. The topological polar surface area (TPSA) is 68.0 Å². The molecule has 0 fully saturated rings. The monoisotopic (exact) mass is 419 g/mol. The van der Waals surface area contributed by atoms with E-state index in [-0.39, 0.29) is 12.3 Å². The smallest absolute Gasteiger partial charge is 0.227 e. The SMILES string of the molecule is O=C(CCc1nc(-c2ccc(Br)cc2)no1)NCc1ccc(Cl)cc1. The Hall–Kier alpha value is -2.18. The van der Waals surface area contributed by atoms with Gasteiger partial charge in [-0.2, -0.15) is 4.98 Å². The average Bonchev–Trinajstić information content (AvgIpc) is 3.09. The van der Waals surface area contributed by atoms with Gasteiger partial charge in [0.2, 0.25) is 17.6 Å². The molecule has 0 aliphatic carbocycles. The second-order valence-electron chi connectivity index (χ2n) is 5.42. The van der Waals surface area contributed by atoms with E-state index in [0.29, 0.717) is 29.7 Å². The molecule has 0 aliphatic heterocycles. The molecule has 0 spiro atoms. The summed E-state index contributed by atoms with van der Waals surface area (Å²) < 4.78 is 6.19. The second kappa shape index (κ2) is 8.27. The lowest BCUT2D eigenvalue weighted by molar-refractivity contribution is -0.121. The van der Waals surface area contributed by atoms with Crippen molar-refractivity contribution in [3.8, 4) is 11.4 Å². The van der Waals surface area contributed by atoms with Crippen molar-refractivity contribution in [2.24, 2.45) is 0 Å². The van der Waals surface area contributed by atoms with Crippen LogP contribution in [-0.2, 0) is 17.8 Å². The van der Waals surface area contributed by atoms with Crippen LogP contribution >= 0.6 is 27.5 Å². The van der Waals surface area contributed by atoms with Crippen molar-refractivity contribution in [2.75, 3.05) is 0 Å². The normalized spacial score (nSPS) is 10.6. The molecular formula is C18H15BrClN3O2. The van der Waals surface area contributed by atoms with Crippen molar-refractivity contribution < 1.29 is 9.32 Å². The quantitative estimate of drug-likeness (QED) is 0.642. The van der Waals surface area contributed by atoms with E-state index in [9.17, 15) is 4.79 Å². The van der Waals surface area contributed by atoms with E-state index in [0.717, 1.165) is 15.6 Å². The third-order valence-corrected chi connectivity index (χ3v) is 4.32. The Labute approximate surface area is 158 Å². The van der Waals surface area contributed by atoms with Gasteiger partial charge in [0.25, 0.3) is 0 Å². The minimum absolute atomic E-state index is 0.0710. The molecule has 1 amide bonds. The Balaban J connectivity index is 1.49. The lowest BCUT2D eigenvalue weighted by atomic mass is 10.2. The van der Waals surface area contributed by atoms with Crippen LogP contribution in [0.3, 0.4) is 0 Å². The number of hydrogen-bond acceptors (Lipinski definition) is 4. The standard InChI is InChI=1S/C18H15BrClN3O2/c19-14-5-3-13(4-6-14)18-22-17(25-23-18)10-9-16(24)21-11-12-1-7-15(20)8-2-12/h1-8H,9-11H2,(H,21,24). The molecule has 0 unspecified atom stereocenters. The fourth-order valence-corrected chi connectivity index (χ4v) is 2.57. The predicted molar refractivity (Wildman–Crippen MR) is 99.1 cm³/mol. The maximum Gasteiger partial charge on any atom is 0.227 e. The molecule has 3 rings (SSSR count). The molecule has 7 heteroatoms. The van der Waals surface area contributed by atoms with Crippen LogP contribution in [0.15, 0.2) is 57.5 Å². The molecule has 3 aromatic rings. The number of carbonyl (C=O) groups excluding carboxylic acids is 1. The second-order valence-corrected chi connectivity index (χ2v) is 6.77. The Bertz CT molecular complexity index is 848. The molecule has 128 valence electrons. The lowest BCUT2D eigenvalue weighted by Crippen LogP contribution is -2.23. The highest BCUT2D eigenvalue weighted by Crippen LogP contribution is 2.19. The van der Waals surface area contributed by atoms with Gasteiger partial charge in [-0.25, -0.2) is 0 Å². The van der Waals surface area contributed by atoms with Crippen molar-refractivity contribution in [3.05, 3.63) is 69.5 Å². The van der Waals surface area contributed by atoms with Crippen molar-refractivity contribution in [1.82, 2.24) is 15.5 Å². The molecule has 0 bridgehead atoms. The number of amides is 1. The highest BCUT2D eigenvalue weighted by atomic mass is 79.9. The van der Waals surface area contributed by atoms with Crippen molar-refractivity contribution in [3.63, 3.8) is 0 Å². The van der Waals surface area contributed by atoms with Crippen LogP contribution < -0.4 is 5.32 Å². The number of rotatable bonds is 6. The highest BCUT2D eigenvalue weighted by molar-refractivity contribution is 9.10. The zero-order valence-electron chi connectivity index (χ0n) is 13.2. The van der Waals surface area contributed by atoms with E-state index in [4.69, 9.17) is 16.1 Å². The summed E-state index contributed by atoms with van der Waals surface area (Å²) in [6.07, 6.45) is 0.686. The largest absolute Gasteiger partial charge is 0.352 e. The van der Waals surface area contributed by atoms with Crippen LogP contribution in [0.2, 0.25) is 5.02 Å². The molecule has 1 heterocycles. The van der Waals surface area contributed by atoms with Gasteiger partial charge < -0.3 is 9.84 Å². The Morgan fingerprint density at radius 1 is 1.12 bits per heavy atom. The van der Waals surface area contributed by atoms with E-state index in [1.165, 1.54) is 0 Å². The zero-order chi connectivity index (χ0) is 17.6. The van der Waals surface area contributed by atoms with Gasteiger partial charge in [-0.1, -0.05) is 44.8 Å². The van der Waals surface area contributed by atoms with Crippen molar-refractivity contribution in [1.29, 1.82) is 0 Å². The van der Waals surface area contributed by atoms with Gasteiger partial charge in [0, 0.05) is 34.4 Å². The summed E-state index contributed by atoms with van der Waals surface area (Å²) in [5.74, 6) is 0.891. The first kappa shape index (κ1) is 17.6. The van der Waals surface area contributed by atoms with Crippen molar-refractivity contribution in [2.45, 2.75) is 19.4 Å². The number of aryl methyl sites for hydroxylation is 1. The minimum atomic E-state index is -0.0710. The highest BCUT2D eigenvalue weighted by Gasteiger charge is 2.10. The number of nitrogens with zero attached hydrogens (tertiary/aromatic N) is 2. The number of benzene rings is 2. The van der Waals surface area contributed by atoms with Crippen LogP contribution in [-0.4, -0.2) is 16.0 Å². The maximum absolute atomic E-state index is 11.9.